The SMILES string of the molecule is Cc1ccsc1CN(C)CCC(=O)N1CCNCC1.Cl. The van der Waals surface area contributed by atoms with Crippen LogP contribution in [0.15, 0.2) is 11.4 Å². The van der Waals surface area contributed by atoms with E-state index in [1.807, 2.05) is 4.90 Å². The van der Waals surface area contributed by atoms with Crippen molar-refractivity contribution >= 4 is 29.7 Å². The van der Waals surface area contributed by atoms with Gasteiger partial charge in [-0.3, -0.25) is 4.79 Å². The van der Waals surface area contributed by atoms with Crippen molar-refractivity contribution in [2.24, 2.45) is 0 Å². The molecule has 114 valence electrons. The van der Waals surface area contributed by atoms with Gasteiger partial charge < -0.3 is 15.1 Å². The van der Waals surface area contributed by atoms with E-state index in [1.165, 1.54) is 10.4 Å². The summed E-state index contributed by atoms with van der Waals surface area (Å²) in [6, 6.07) is 2.15. The van der Waals surface area contributed by atoms with E-state index in [0.717, 1.165) is 39.3 Å². The van der Waals surface area contributed by atoms with E-state index in [9.17, 15) is 4.79 Å². The van der Waals surface area contributed by atoms with Crippen LogP contribution in [0.25, 0.3) is 0 Å². The average molecular weight is 318 g/mol. The van der Waals surface area contributed by atoms with Gasteiger partial charge in [-0.25, -0.2) is 0 Å². The van der Waals surface area contributed by atoms with Crippen molar-refractivity contribution in [3.63, 3.8) is 0 Å². The van der Waals surface area contributed by atoms with Crippen LogP contribution in [0, 0.1) is 6.92 Å². The molecule has 0 aliphatic carbocycles. The summed E-state index contributed by atoms with van der Waals surface area (Å²) in [5, 5.41) is 5.40. The molecule has 0 unspecified atom stereocenters. The molecule has 20 heavy (non-hydrogen) atoms. The van der Waals surface area contributed by atoms with E-state index in [0.29, 0.717) is 6.42 Å². The number of aryl methyl sites for hydroxylation is 1. The second kappa shape index (κ2) is 8.62. The molecule has 2 rings (SSSR count). The molecule has 1 aliphatic rings. The van der Waals surface area contributed by atoms with Crippen LogP contribution in [-0.4, -0.2) is 55.5 Å². The number of thiophene rings is 1. The van der Waals surface area contributed by atoms with Crippen LogP contribution in [0.3, 0.4) is 0 Å². The molecule has 2 heterocycles. The molecule has 0 spiro atoms. The van der Waals surface area contributed by atoms with Crippen molar-refractivity contribution in [3.8, 4) is 0 Å². The normalized spacial score (nSPS) is 15.2. The van der Waals surface area contributed by atoms with E-state index in [1.54, 1.807) is 11.3 Å². The van der Waals surface area contributed by atoms with Gasteiger partial charge in [0.05, 0.1) is 0 Å². The Morgan fingerprint density at radius 3 is 2.75 bits per heavy atom. The van der Waals surface area contributed by atoms with Gasteiger partial charge in [0, 0.05) is 50.6 Å². The topological polar surface area (TPSA) is 35.6 Å². The van der Waals surface area contributed by atoms with Gasteiger partial charge in [0.2, 0.25) is 5.91 Å². The van der Waals surface area contributed by atoms with Gasteiger partial charge in [0.15, 0.2) is 0 Å². The molecular formula is C14H24ClN3OS. The van der Waals surface area contributed by atoms with Crippen molar-refractivity contribution < 1.29 is 4.79 Å². The van der Waals surface area contributed by atoms with Crippen LogP contribution in [0.4, 0.5) is 0 Å². The predicted octanol–water partition coefficient (Wildman–Crippen LogP) is 1.73. The predicted molar refractivity (Wildman–Crippen MR) is 86.7 cm³/mol. The van der Waals surface area contributed by atoms with Crippen molar-refractivity contribution in [1.29, 1.82) is 0 Å². The van der Waals surface area contributed by atoms with E-state index >= 15 is 0 Å². The lowest BCUT2D eigenvalue weighted by Gasteiger charge is -2.28. The highest BCUT2D eigenvalue weighted by atomic mass is 35.5. The van der Waals surface area contributed by atoms with Crippen molar-refractivity contribution in [2.75, 3.05) is 39.8 Å². The van der Waals surface area contributed by atoms with Crippen molar-refractivity contribution in [1.82, 2.24) is 15.1 Å². The smallest absolute Gasteiger partial charge is 0.223 e. The molecule has 1 amide bonds. The van der Waals surface area contributed by atoms with Crippen molar-refractivity contribution in [3.05, 3.63) is 21.9 Å². The molecule has 1 fully saturated rings. The maximum Gasteiger partial charge on any atom is 0.223 e. The first-order valence-corrected chi connectivity index (χ1v) is 7.75. The van der Waals surface area contributed by atoms with Gasteiger partial charge in [-0.1, -0.05) is 0 Å². The molecule has 0 aromatic carbocycles. The molecule has 4 nitrogen and oxygen atoms in total. The Balaban J connectivity index is 0.00000200. The summed E-state index contributed by atoms with van der Waals surface area (Å²) in [6.07, 6.45) is 0.626. The third-order valence-electron chi connectivity index (χ3n) is 3.56. The van der Waals surface area contributed by atoms with Gasteiger partial charge in [-0.15, -0.1) is 23.7 Å². The zero-order valence-corrected chi connectivity index (χ0v) is 13.9. The van der Waals surface area contributed by atoms with Gasteiger partial charge in [0.25, 0.3) is 0 Å². The summed E-state index contributed by atoms with van der Waals surface area (Å²) in [5.41, 5.74) is 1.35. The highest BCUT2D eigenvalue weighted by molar-refractivity contribution is 7.10. The second-order valence-electron chi connectivity index (χ2n) is 5.15. The number of nitrogens with one attached hydrogen (secondary N) is 1. The number of rotatable bonds is 5. The van der Waals surface area contributed by atoms with Gasteiger partial charge in [-0.2, -0.15) is 0 Å². The summed E-state index contributed by atoms with van der Waals surface area (Å²) < 4.78 is 0. The Morgan fingerprint density at radius 2 is 2.15 bits per heavy atom. The fraction of sp³-hybridized carbons (Fsp3) is 0.643. The minimum Gasteiger partial charge on any atom is -0.340 e. The third kappa shape index (κ3) is 5.05. The molecule has 1 saturated heterocycles. The Hall–Kier alpha value is -0.620. The van der Waals surface area contributed by atoms with Gasteiger partial charge >= 0.3 is 0 Å². The largest absolute Gasteiger partial charge is 0.340 e. The fourth-order valence-electron chi connectivity index (χ4n) is 2.25. The fourth-order valence-corrected chi connectivity index (χ4v) is 3.23. The third-order valence-corrected chi connectivity index (χ3v) is 4.57. The molecule has 0 atom stereocenters. The zero-order valence-electron chi connectivity index (χ0n) is 12.2. The number of piperazine rings is 1. The zero-order chi connectivity index (χ0) is 13.7. The van der Waals surface area contributed by atoms with Gasteiger partial charge in [-0.05, 0) is 31.0 Å². The summed E-state index contributed by atoms with van der Waals surface area (Å²) in [4.78, 5) is 17.7. The van der Waals surface area contributed by atoms with Crippen molar-refractivity contribution in [2.45, 2.75) is 19.9 Å². The first-order chi connectivity index (χ1) is 9.16. The van der Waals surface area contributed by atoms with Crippen LogP contribution in [0.5, 0.6) is 0 Å². The van der Waals surface area contributed by atoms with E-state index in [-0.39, 0.29) is 18.3 Å². The minimum absolute atomic E-state index is 0. The van der Waals surface area contributed by atoms with Gasteiger partial charge in [0.1, 0.15) is 0 Å². The summed E-state index contributed by atoms with van der Waals surface area (Å²) in [7, 11) is 2.09. The number of hydrogen-bond acceptors (Lipinski definition) is 4. The highest BCUT2D eigenvalue weighted by Gasteiger charge is 2.16. The van der Waals surface area contributed by atoms with E-state index in [2.05, 4.69) is 35.6 Å². The Morgan fingerprint density at radius 1 is 1.45 bits per heavy atom. The molecule has 0 radical (unpaired) electrons. The maximum absolute atomic E-state index is 12.0. The first kappa shape index (κ1) is 17.4. The molecule has 1 N–H and O–H groups in total. The van der Waals surface area contributed by atoms with Crippen LogP contribution in [0.2, 0.25) is 0 Å². The minimum atomic E-state index is 0. The number of hydrogen-bond donors (Lipinski definition) is 1. The van der Waals surface area contributed by atoms with E-state index in [4.69, 9.17) is 0 Å². The first-order valence-electron chi connectivity index (χ1n) is 6.87. The Kier molecular flexibility index (Phi) is 7.51. The van der Waals surface area contributed by atoms with Crippen LogP contribution in [-0.2, 0) is 11.3 Å². The number of nitrogens with zero attached hydrogens (tertiary/aromatic N) is 2. The highest BCUT2D eigenvalue weighted by Crippen LogP contribution is 2.17. The maximum atomic E-state index is 12.0. The van der Waals surface area contributed by atoms with Crippen LogP contribution in [0.1, 0.15) is 16.9 Å². The molecule has 6 heteroatoms. The number of carbonyl (C=O) groups is 1. The molecular weight excluding hydrogens is 294 g/mol. The molecule has 0 bridgehead atoms. The number of halogens is 1. The number of amides is 1. The summed E-state index contributed by atoms with van der Waals surface area (Å²) in [5.74, 6) is 0.288. The summed E-state index contributed by atoms with van der Waals surface area (Å²) >= 11 is 1.79. The standard InChI is InChI=1S/C14H23N3OS.ClH/c1-12-4-10-19-13(12)11-16(2)7-3-14(18)17-8-5-15-6-9-17;/h4,10,15H,3,5-9,11H2,1-2H3;1H. The average Bonchev–Trinajstić information content (AvgIpc) is 2.82. The lowest BCUT2D eigenvalue weighted by Crippen LogP contribution is -2.47. The molecule has 1 aliphatic heterocycles. The Labute approximate surface area is 131 Å². The van der Waals surface area contributed by atoms with Crippen LogP contribution < -0.4 is 5.32 Å². The lowest BCUT2D eigenvalue weighted by atomic mass is 10.2. The Bertz CT molecular complexity index is 418. The summed E-state index contributed by atoms with van der Waals surface area (Å²) in [6.45, 7) is 7.48. The molecule has 0 saturated carbocycles. The van der Waals surface area contributed by atoms with E-state index < -0.39 is 0 Å². The number of carbonyl (C=O) groups excluding carboxylic acids is 1. The lowest BCUT2D eigenvalue weighted by molar-refractivity contribution is -0.132. The molecule has 1 aromatic heterocycles. The molecule has 1 aromatic rings. The second-order valence-corrected chi connectivity index (χ2v) is 6.15. The quantitative estimate of drug-likeness (QED) is 0.898. The monoisotopic (exact) mass is 317 g/mol. The van der Waals surface area contributed by atoms with Crippen LogP contribution >= 0.6 is 23.7 Å².